The fourth-order valence-electron chi connectivity index (χ4n) is 3.08. The van der Waals surface area contributed by atoms with Crippen molar-refractivity contribution in [3.63, 3.8) is 0 Å². The fraction of sp³-hybridized carbons (Fsp3) is 0.905. The molecular formula is C21H36O11. The molecule has 0 radical (unpaired) electrons. The van der Waals surface area contributed by atoms with Gasteiger partial charge in [0.15, 0.2) is 6.61 Å². The zero-order valence-corrected chi connectivity index (χ0v) is 19.5. The van der Waals surface area contributed by atoms with Gasteiger partial charge in [-0.1, -0.05) is 20.8 Å². The molecule has 0 aromatic rings. The van der Waals surface area contributed by atoms with Crippen molar-refractivity contribution in [1.82, 2.24) is 0 Å². The normalized spacial score (nSPS) is 30.2. The van der Waals surface area contributed by atoms with Crippen LogP contribution in [0.3, 0.4) is 0 Å². The molecule has 0 bridgehead atoms. The molecule has 2 fully saturated rings. The van der Waals surface area contributed by atoms with Crippen molar-refractivity contribution < 1.29 is 52.2 Å². The molecule has 2 heterocycles. The maximum atomic E-state index is 12.0. The van der Waals surface area contributed by atoms with Gasteiger partial charge in [-0.25, -0.2) is 4.79 Å². The Morgan fingerprint density at radius 2 is 1.25 bits per heavy atom. The van der Waals surface area contributed by atoms with Gasteiger partial charge in [-0.3, -0.25) is 4.79 Å². The van der Waals surface area contributed by atoms with Gasteiger partial charge < -0.3 is 42.6 Å². The molecule has 0 aliphatic carbocycles. The third kappa shape index (κ3) is 7.62. The lowest BCUT2D eigenvalue weighted by Gasteiger charge is -2.49. The van der Waals surface area contributed by atoms with E-state index in [1.54, 1.807) is 14.0 Å². The minimum Gasteiger partial charge on any atom is -0.463 e. The number of esters is 2. The van der Waals surface area contributed by atoms with E-state index in [9.17, 15) is 9.59 Å². The molecule has 0 unspecified atom stereocenters. The molecule has 186 valence electrons. The first-order valence-electron chi connectivity index (χ1n) is 11.0. The second kappa shape index (κ2) is 12.8. The summed E-state index contributed by atoms with van der Waals surface area (Å²) in [4.78, 5) is 22.9. The van der Waals surface area contributed by atoms with E-state index in [1.165, 1.54) is 0 Å². The molecule has 0 atom stereocenters. The van der Waals surface area contributed by atoms with E-state index in [4.69, 9.17) is 42.6 Å². The maximum absolute atomic E-state index is 12.0. The van der Waals surface area contributed by atoms with Crippen LogP contribution in [0.15, 0.2) is 0 Å². The molecule has 0 amide bonds. The van der Waals surface area contributed by atoms with Gasteiger partial charge in [0.05, 0.1) is 45.1 Å². The van der Waals surface area contributed by atoms with Gasteiger partial charge >= 0.3 is 11.9 Å². The minimum atomic E-state index is -1.33. The standard InChI is InChI=1S/C21H36O11/c1-5-17(22)26-10-8-25-9-11-27-18(23)12-28-21(7-3)31-15-19(16-32-21)13-29-20(6-2,24-4)30-14-19/h5-16H2,1-4H3. The third-order valence-electron chi connectivity index (χ3n) is 5.25. The van der Waals surface area contributed by atoms with E-state index < -0.39 is 23.3 Å². The first-order valence-corrected chi connectivity index (χ1v) is 11.0. The molecule has 0 N–H and O–H groups in total. The summed E-state index contributed by atoms with van der Waals surface area (Å²) in [5.74, 6) is -3.21. The first kappa shape index (κ1) is 26.9. The predicted molar refractivity (Wildman–Crippen MR) is 108 cm³/mol. The van der Waals surface area contributed by atoms with Crippen molar-refractivity contribution in [2.24, 2.45) is 5.41 Å². The first-order chi connectivity index (χ1) is 15.4. The van der Waals surface area contributed by atoms with Crippen molar-refractivity contribution in [2.75, 3.05) is 66.6 Å². The Morgan fingerprint density at radius 1 is 0.750 bits per heavy atom. The Bertz CT molecular complexity index is 570. The molecule has 1 spiro atoms. The largest absolute Gasteiger partial charge is 0.463 e. The number of hydrogen-bond donors (Lipinski definition) is 0. The highest BCUT2D eigenvalue weighted by atomic mass is 16.9. The van der Waals surface area contributed by atoms with Gasteiger partial charge in [-0.2, -0.15) is 0 Å². The molecule has 2 rings (SSSR count). The van der Waals surface area contributed by atoms with Crippen LogP contribution in [0.2, 0.25) is 0 Å². The highest BCUT2D eigenvalue weighted by Gasteiger charge is 2.51. The molecule has 11 heteroatoms. The molecule has 0 saturated carbocycles. The van der Waals surface area contributed by atoms with E-state index in [0.717, 1.165) is 0 Å². The van der Waals surface area contributed by atoms with Crippen LogP contribution in [-0.4, -0.2) is 90.5 Å². The summed E-state index contributed by atoms with van der Waals surface area (Å²) >= 11 is 0. The number of ether oxygens (including phenoxy) is 9. The van der Waals surface area contributed by atoms with Crippen LogP contribution in [0.1, 0.15) is 40.0 Å². The monoisotopic (exact) mass is 464 g/mol. The smallest absolute Gasteiger partial charge is 0.332 e. The highest BCUT2D eigenvalue weighted by molar-refractivity contribution is 5.70. The van der Waals surface area contributed by atoms with Crippen LogP contribution in [0.25, 0.3) is 0 Å². The molecule has 2 aliphatic heterocycles. The molecule has 2 aliphatic rings. The lowest BCUT2D eigenvalue weighted by molar-refractivity contribution is -0.461. The summed E-state index contributed by atoms with van der Waals surface area (Å²) in [6, 6.07) is 0. The lowest BCUT2D eigenvalue weighted by atomic mass is 9.90. The van der Waals surface area contributed by atoms with Crippen molar-refractivity contribution >= 4 is 11.9 Å². The van der Waals surface area contributed by atoms with E-state index in [-0.39, 0.29) is 52.2 Å². The Balaban J connectivity index is 1.64. The summed E-state index contributed by atoms with van der Waals surface area (Å²) in [5, 5.41) is 0. The zero-order chi connectivity index (χ0) is 23.5. The van der Waals surface area contributed by atoms with Gasteiger partial charge in [-0.05, 0) is 0 Å². The summed E-state index contributed by atoms with van der Waals surface area (Å²) in [7, 11) is 1.54. The Hall–Kier alpha value is -1.34. The summed E-state index contributed by atoms with van der Waals surface area (Å²) in [5.41, 5.74) is -0.470. The number of rotatable bonds is 13. The average Bonchev–Trinajstić information content (AvgIpc) is 2.84. The number of carbonyl (C=O) groups excluding carboxylic acids is 2. The minimum absolute atomic E-state index is 0.0568. The van der Waals surface area contributed by atoms with E-state index in [1.807, 2.05) is 13.8 Å². The number of methoxy groups -OCH3 is 1. The van der Waals surface area contributed by atoms with Crippen LogP contribution in [0.4, 0.5) is 0 Å². The van der Waals surface area contributed by atoms with Crippen LogP contribution >= 0.6 is 0 Å². The van der Waals surface area contributed by atoms with Crippen molar-refractivity contribution in [3.05, 3.63) is 0 Å². The Kier molecular flexibility index (Phi) is 10.7. The maximum Gasteiger partial charge on any atom is 0.332 e. The van der Waals surface area contributed by atoms with Gasteiger partial charge in [0.25, 0.3) is 11.9 Å². The van der Waals surface area contributed by atoms with Crippen molar-refractivity contribution in [3.8, 4) is 0 Å². The van der Waals surface area contributed by atoms with Gasteiger partial charge in [0.1, 0.15) is 13.2 Å². The number of carbonyl (C=O) groups is 2. The molecular weight excluding hydrogens is 428 g/mol. The lowest BCUT2D eigenvalue weighted by Crippen LogP contribution is -2.59. The van der Waals surface area contributed by atoms with E-state index in [0.29, 0.717) is 32.5 Å². The summed E-state index contributed by atoms with van der Waals surface area (Å²) < 4.78 is 49.5. The topological polar surface area (TPSA) is 117 Å². The molecule has 32 heavy (non-hydrogen) atoms. The van der Waals surface area contributed by atoms with Crippen molar-refractivity contribution in [2.45, 2.75) is 52.0 Å². The second-order valence-electron chi connectivity index (χ2n) is 7.63. The van der Waals surface area contributed by atoms with Crippen LogP contribution < -0.4 is 0 Å². The Morgan fingerprint density at radius 3 is 1.72 bits per heavy atom. The van der Waals surface area contributed by atoms with Gasteiger partial charge in [0.2, 0.25) is 0 Å². The molecule has 2 saturated heterocycles. The van der Waals surface area contributed by atoms with Crippen LogP contribution in [0.5, 0.6) is 0 Å². The Labute approximate surface area is 188 Å². The molecule has 0 aromatic heterocycles. The summed E-state index contributed by atoms with van der Waals surface area (Å²) in [6.07, 6.45) is 1.26. The second-order valence-corrected chi connectivity index (χ2v) is 7.63. The molecule has 11 nitrogen and oxygen atoms in total. The van der Waals surface area contributed by atoms with E-state index in [2.05, 4.69) is 0 Å². The average molecular weight is 465 g/mol. The van der Waals surface area contributed by atoms with E-state index >= 15 is 0 Å². The number of hydrogen-bond acceptors (Lipinski definition) is 11. The van der Waals surface area contributed by atoms with Crippen molar-refractivity contribution in [1.29, 1.82) is 0 Å². The molecule has 0 aromatic carbocycles. The van der Waals surface area contributed by atoms with Crippen LogP contribution in [-0.2, 0) is 52.2 Å². The van der Waals surface area contributed by atoms with Gasteiger partial charge in [0, 0.05) is 26.4 Å². The zero-order valence-electron chi connectivity index (χ0n) is 19.5. The quantitative estimate of drug-likeness (QED) is 0.290. The van der Waals surface area contributed by atoms with Crippen LogP contribution in [0, 0.1) is 5.41 Å². The predicted octanol–water partition coefficient (Wildman–Crippen LogP) is 1.37. The third-order valence-corrected chi connectivity index (χ3v) is 5.25. The SMILES string of the molecule is CCC(=O)OCCOCCOC(=O)COC1(CC)OCC2(COC(CC)(OC)OC2)CO1. The highest BCUT2D eigenvalue weighted by Crippen LogP contribution is 2.39. The fourth-order valence-corrected chi connectivity index (χ4v) is 3.08. The summed E-state index contributed by atoms with van der Waals surface area (Å²) in [6.45, 7) is 7.07. The van der Waals surface area contributed by atoms with Gasteiger partial charge in [-0.15, -0.1) is 0 Å².